The molecule has 0 aromatic heterocycles. The predicted molar refractivity (Wildman–Crippen MR) is 74.0 cm³/mol. The summed E-state index contributed by atoms with van der Waals surface area (Å²) in [6.45, 7) is 4.00. The van der Waals surface area contributed by atoms with Crippen molar-refractivity contribution in [2.75, 3.05) is 11.1 Å². The molecule has 0 aliphatic rings. The van der Waals surface area contributed by atoms with Gasteiger partial charge in [-0.3, -0.25) is 0 Å². The highest BCUT2D eigenvalue weighted by Gasteiger charge is 1.92. The van der Waals surface area contributed by atoms with Gasteiger partial charge in [0.05, 0.1) is 0 Å². The first kappa shape index (κ1) is 12.1. The zero-order chi connectivity index (χ0) is 11.8. The molecule has 0 bridgehead atoms. The molecule has 2 rings (SSSR count). The number of hydrogen-bond donors (Lipinski definition) is 2. The molecule has 2 aromatic carbocycles. The first-order valence-corrected chi connectivity index (χ1v) is 5.52. The summed E-state index contributed by atoms with van der Waals surface area (Å²) < 4.78 is 0. The number of nitrogen functional groups attached to an aromatic ring is 1. The molecule has 0 spiro atoms. The molecular weight excluding hydrogens is 196 g/mol. The van der Waals surface area contributed by atoms with E-state index in [1.54, 1.807) is 0 Å². The molecule has 0 amide bonds. The van der Waals surface area contributed by atoms with Crippen molar-refractivity contribution in [3.8, 4) is 0 Å². The minimum absolute atomic E-state index is 0. The number of nitrogens with two attached hydrogens (primary N) is 1. The molecule has 2 heteroatoms. The second kappa shape index (κ2) is 6.51. The normalized spacial score (nSPS) is 8.88. The number of para-hydroxylation sites is 1. The predicted octanol–water partition coefficient (Wildman–Crippen LogP) is 4.28. The van der Waals surface area contributed by atoms with E-state index in [9.17, 15) is 0 Å². The van der Waals surface area contributed by atoms with Crippen molar-refractivity contribution in [3.05, 3.63) is 54.6 Å². The Morgan fingerprint density at radius 3 is 1.88 bits per heavy atom. The molecule has 2 nitrogen and oxygen atoms in total. The number of hydrogen-bond acceptors (Lipinski definition) is 2. The summed E-state index contributed by atoms with van der Waals surface area (Å²) in [4.78, 5) is 0. The van der Waals surface area contributed by atoms with Crippen molar-refractivity contribution in [2.45, 2.75) is 13.8 Å². The van der Waals surface area contributed by atoms with E-state index in [2.05, 4.69) is 5.32 Å². The number of benzene rings is 2. The average molecular weight is 216 g/mol. The molecule has 2 aromatic rings. The van der Waals surface area contributed by atoms with Crippen molar-refractivity contribution in [1.29, 1.82) is 0 Å². The number of anilines is 3. The molecule has 3 N–H and O–H groups in total. The van der Waals surface area contributed by atoms with Crippen LogP contribution < -0.4 is 11.1 Å². The zero-order valence-electron chi connectivity index (χ0n) is 9.77. The molecule has 0 fully saturated rings. The molecule has 0 radical (unpaired) electrons. The van der Waals surface area contributed by atoms with Gasteiger partial charge in [-0.2, -0.15) is 0 Å². The van der Waals surface area contributed by atoms with Crippen LogP contribution in [0.5, 0.6) is 0 Å². The van der Waals surface area contributed by atoms with E-state index >= 15 is 0 Å². The van der Waals surface area contributed by atoms with Crippen LogP contribution in [-0.4, -0.2) is 0 Å². The summed E-state index contributed by atoms with van der Waals surface area (Å²) in [5.74, 6) is 0. The van der Waals surface area contributed by atoms with E-state index < -0.39 is 0 Å². The van der Waals surface area contributed by atoms with Crippen molar-refractivity contribution in [1.82, 2.24) is 0 Å². The standard InChI is InChI=1S/C12H12N2.C2H6.H2/c13-10-6-8-12(9-7-10)14-11-4-2-1-3-5-11;1-2;/h1-9,14H,13H2;1-2H3;1H. The minimum atomic E-state index is 0. The Hall–Kier alpha value is -1.96. The molecule has 0 aliphatic carbocycles. The van der Waals surface area contributed by atoms with E-state index in [1.165, 1.54) is 0 Å². The smallest absolute Gasteiger partial charge is 0.0385 e. The van der Waals surface area contributed by atoms with Gasteiger partial charge in [0.2, 0.25) is 0 Å². The van der Waals surface area contributed by atoms with Gasteiger partial charge in [-0.25, -0.2) is 0 Å². The second-order valence-electron chi connectivity index (χ2n) is 3.11. The Morgan fingerprint density at radius 2 is 1.31 bits per heavy atom. The Labute approximate surface area is 98.6 Å². The summed E-state index contributed by atoms with van der Waals surface area (Å²) in [5.41, 5.74) is 8.50. The summed E-state index contributed by atoms with van der Waals surface area (Å²) in [6.07, 6.45) is 0. The summed E-state index contributed by atoms with van der Waals surface area (Å²) in [6, 6.07) is 17.7. The maximum atomic E-state index is 5.59. The van der Waals surface area contributed by atoms with Gasteiger partial charge in [0.1, 0.15) is 0 Å². The SMILES string of the molecule is CC.Nc1ccc(Nc2ccccc2)cc1.[HH]. The highest BCUT2D eigenvalue weighted by atomic mass is 14.9. The molecule has 0 saturated heterocycles. The maximum absolute atomic E-state index is 5.59. The first-order chi connectivity index (χ1) is 7.84. The lowest BCUT2D eigenvalue weighted by Crippen LogP contribution is -1.90. The third kappa shape index (κ3) is 3.65. The quantitative estimate of drug-likeness (QED) is 0.735. The van der Waals surface area contributed by atoms with E-state index in [0.29, 0.717) is 0 Å². The van der Waals surface area contributed by atoms with Crippen LogP contribution in [0.3, 0.4) is 0 Å². The fourth-order valence-corrected chi connectivity index (χ4v) is 1.25. The lowest BCUT2D eigenvalue weighted by atomic mass is 10.2. The summed E-state index contributed by atoms with van der Waals surface area (Å²) >= 11 is 0. The van der Waals surface area contributed by atoms with E-state index in [0.717, 1.165) is 17.1 Å². The van der Waals surface area contributed by atoms with Crippen LogP contribution in [0, 0.1) is 0 Å². The van der Waals surface area contributed by atoms with Crippen LogP contribution in [0.25, 0.3) is 0 Å². The minimum Gasteiger partial charge on any atom is -0.399 e. The van der Waals surface area contributed by atoms with Gasteiger partial charge in [-0.05, 0) is 36.4 Å². The van der Waals surface area contributed by atoms with Crippen LogP contribution in [0.2, 0.25) is 0 Å². The molecule has 0 atom stereocenters. The van der Waals surface area contributed by atoms with E-state index in [4.69, 9.17) is 5.73 Å². The van der Waals surface area contributed by atoms with Crippen molar-refractivity contribution in [2.24, 2.45) is 0 Å². The van der Waals surface area contributed by atoms with Crippen molar-refractivity contribution >= 4 is 17.1 Å². The van der Waals surface area contributed by atoms with Crippen molar-refractivity contribution in [3.63, 3.8) is 0 Å². The Kier molecular flexibility index (Phi) is 4.93. The van der Waals surface area contributed by atoms with Gasteiger partial charge >= 0.3 is 0 Å². The number of rotatable bonds is 2. The van der Waals surface area contributed by atoms with Gasteiger partial charge in [0.25, 0.3) is 0 Å². The van der Waals surface area contributed by atoms with Gasteiger partial charge in [0.15, 0.2) is 0 Å². The van der Waals surface area contributed by atoms with Crippen LogP contribution >= 0.6 is 0 Å². The van der Waals surface area contributed by atoms with Crippen LogP contribution in [0.4, 0.5) is 17.1 Å². The molecule has 16 heavy (non-hydrogen) atoms. The lowest BCUT2D eigenvalue weighted by Gasteiger charge is -2.05. The zero-order valence-corrected chi connectivity index (χ0v) is 9.77. The fourth-order valence-electron chi connectivity index (χ4n) is 1.25. The van der Waals surface area contributed by atoms with Gasteiger partial charge in [0, 0.05) is 18.5 Å². The highest BCUT2D eigenvalue weighted by molar-refractivity contribution is 5.61. The molecular formula is C14H20N2. The Bertz CT molecular complexity index is 398. The number of nitrogens with one attached hydrogen (secondary N) is 1. The maximum Gasteiger partial charge on any atom is 0.0385 e. The molecule has 0 heterocycles. The van der Waals surface area contributed by atoms with Crippen molar-refractivity contribution < 1.29 is 1.43 Å². The average Bonchev–Trinajstić information content (AvgIpc) is 2.36. The molecule has 86 valence electrons. The van der Waals surface area contributed by atoms with Crippen LogP contribution in [0.15, 0.2) is 54.6 Å². The first-order valence-electron chi connectivity index (χ1n) is 5.52. The Morgan fingerprint density at radius 1 is 0.812 bits per heavy atom. The van der Waals surface area contributed by atoms with Crippen LogP contribution in [0.1, 0.15) is 15.3 Å². The topological polar surface area (TPSA) is 38.0 Å². The molecule has 0 saturated carbocycles. The monoisotopic (exact) mass is 216 g/mol. The highest BCUT2D eigenvalue weighted by Crippen LogP contribution is 2.16. The largest absolute Gasteiger partial charge is 0.399 e. The summed E-state index contributed by atoms with van der Waals surface area (Å²) in [5, 5.41) is 3.28. The van der Waals surface area contributed by atoms with E-state index in [1.807, 2.05) is 68.4 Å². The fraction of sp³-hybridized carbons (Fsp3) is 0.143. The Balaban J connectivity index is 0.000000811. The summed E-state index contributed by atoms with van der Waals surface area (Å²) in [7, 11) is 0. The van der Waals surface area contributed by atoms with E-state index in [-0.39, 0.29) is 1.43 Å². The van der Waals surface area contributed by atoms with Crippen LogP contribution in [-0.2, 0) is 0 Å². The van der Waals surface area contributed by atoms with Gasteiger partial charge in [-0.1, -0.05) is 32.0 Å². The lowest BCUT2D eigenvalue weighted by molar-refractivity contribution is 1.50. The molecule has 0 aliphatic heterocycles. The third-order valence-corrected chi connectivity index (χ3v) is 1.97. The van der Waals surface area contributed by atoms with Gasteiger partial charge in [-0.15, -0.1) is 0 Å². The second-order valence-corrected chi connectivity index (χ2v) is 3.11. The molecule has 0 unspecified atom stereocenters. The third-order valence-electron chi connectivity index (χ3n) is 1.97. The van der Waals surface area contributed by atoms with Gasteiger partial charge < -0.3 is 11.1 Å².